The summed E-state index contributed by atoms with van der Waals surface area (Å²) >= 11 is 12.2. The number of hydrogen-bond acceptors (Lipinski definition) is 1. The Morgan fingerprint density at radius 2 is 2.00 bits per heavy atom. The molecule has 1 aromatic rings. The van der Waals surface area contributed by atoms with Crippen molar-refractivity contribution in [3.8, 4) is 0 Å². The quantitative estimate of drug-likeness (QED) is 0.657. The molecule has 1 aliphatic rings. The van der Waals surface area contributed by atoms with Crippen LogP contribution in [0.2, 0.25) is 10.0 Å². The summed E-state index contributed by atoms with van der Waals surface area (Å²) in [6.07, 6.45) is 9.21. The molecule has 2 atom stereocenters. The fourth-order valence-electron chi connectivity index (χ4n) is 3.05. The van der Waals surface area contributed by atoms with Gasteiger partial charge in [-0.25, -0.2) is 0 Å². The molecule has 0 spiro atoms. The Labute approximate surface area is 126 Å². The van der Waals surface area contributed by atoms with E-state index in [4.69, 9.17) is 23.2 Å². The van der Waals surface area contributed by atoms with Gasteiger partial charge in [-0.3, -0.25) is 0 Å². The molecule has 0 radical (unpaired) electrons. The van der Waals surface area contributed by atoms with E-state index in [2.05, 4.69) is 12.2 Å². The van der Waals surface area contributed by atoms with Crippen molar-refractivity contribution in [3.05, 3.63) is 28.2 Å². The fraction of sp³-hybridized carbons (Fsp3) is 0.625. The molecule has 19 heavy (non-hydrogen) atoms. The van der Waals surface area contributed by atoms with Gasteiger partial charge in [0.2, 0.25) is 0 Å². The summed E-state index contributed by atoms with van der Waals surface area (Å²) < 4.78 is 0. The third kappa shape index (κ3) is 4.57. The number of hydrogen-bond donors (Lipinski definition) is 1. The van der Waals surface area contributed by atoms with E-state index in [-0.39, 0.29) is 0 Å². The van der Waals surface area contributed by atoms with Gasteiger partial charge in [0.05, 0.1) is 10.7 Å². The highest BCUT2D eigenvalue weighted by molar-refractivity contribution is 6.35. The van der Waals surface area contributed by atoms with Crippen molar-refractivity contribution < 1.29 is 0 Å². The maximum Gasteiger partial charge on any atom is 0.0638 e. The van der Waals surface area contributed by atoms with E-state index in [1.165, 1.54) is 44.9 Å². The maximum atomic E-state index is 6.21. The van der Waals surface area contributed by atoms with Crippen LogP contribution in [0.3, 0.4) is 0 Å². The van der Waals surface area contributed by atoms with E-state index < -0.39 is 0 Å². The summed E-state index contributed by atoms with van der Waals surface area (Å²) in [7, 11) is 0. The molecule has 0 saturated heterocycles. The van der Waals surface area contributed by atoms with Crippen molar-refractivity contribution in [2.75, 3.05) is 5.32 Å². The van der Waals surface area contributed by atoms with E-state index in [1.807, 2.05) is 18.2 Å². The number of anilines is 1. The summed E-state index contributed by atoms with van der Waals surface area (Å²) in [5.74, 6) is 0.923. The van der Waals surface area contributed by atoms with Gasteiger partial charge in [-0.1, -0.05) is 55.8 Å². The molecule has 0 heterocycles. The van der Waals surface area contributed by atoms with Crippen LogP contribution in [-0.2, 0) is 0 Å². The average Bonchev–Trinajstić information content (AvgIpc) is 2.60. The fourth-order valence-corrected chi connectivity index (χ4v) is 3.39. The molecule has 0 aromatic heterocycles. The van der Waals surface area contributed by atoms with Crippen LogP contribution in [0.15, 0.2) is 18.2 Å². The van der Waals surface area contributed by atoms with Gasteiger partial charge >= 0.3 is 0 Å². The highest BCUT2D eigenvalue weighted by Gasteiger charge is 2.18. The van der Waals surface area contributed by atoms with Gasteiger partial charge in [0.1, 0.15) is 0 Å². The van der Waals surface area contributed by atoms with E-state index in [0.29, 0.717) is 6.04 Å². The summed E-state index contributed by atoms with van der Waals surface area (Å²) in [6.45, 7) is 2.28. The van der Waals surface area contributed by atoms with E-state index in [0.717, 1.165) is 21.7 Å². The Bertz CT molecular complexity index is 406. The topological polar surface area (TPSA) is 12.0 Å². The second kappa shape index (κ2) is 7.40. The first-order chi connectivity index (χ1) is 9.19. The van der Waals surface area contributed by atoms with Crippen LogP contribution in [0, 0.1) is 5.92 Å². The van der Waals surface area contributed by atoms with Crippen LogP contribution in [-0.4, -0.2) is 6.04 Å². The van der Waals surface area contributed by atoms with Crippen molar-refractivity contribution in [1.82, 2.24) is 0 Å². The van der Waals surface area contributed by atoms with Crippen molar-refractivity contribution >= 4 is 28.9 Å². The third-order valence-corrected chi connectivity index (χ3v) is 4.64. The molecule has 106 valence electrons. The van der Waals surface area contributed by atoms with Crippen molar-refractivity contribution in [2.45, 2.75) is 57.9 Å². The van der Waals surface area contributed by atoms with E-state index >= 15 is 0 Å². The van der Waals surface area contributed by atoms with Crippen LogP contribution in [0.25, 0.3) is 0 Å². The molecular weight excluding hydrogens is 277 g/mol. The summed E-state index contributed by atoms with van der Waals surface area (Å²) in [5.41, 5.74) is 0.980. The van der Waals surface area contributed by atoms with Gasteiger partial charge in [-0.05, 0) is 43.4 Å². The molecule has 0 amide bonds. The van der Waals surface area contributed by atoms with Gasteiger partial charge in [0, 0.05) is 11.1 Å². The molecule has 0 aliphatic heterocycles. The second-order valence-corrected chi connectivity index (χ2v) is 6.47. The molecular formula is C16H23Cl2N. The minimum atomic E-state index is 0.540. The summed E-state index contributed by atoms with van der Waals surface area (Å²) in [6, 6.07) is 6.17. The highest BCUT2D eigenvalue weighted by Crippen LogP contribution is 2.31. The zero-order chi connectivity index (χ0) is 13.7. The summed E-state index contributed by atoms with van der Waals surface area (Å²) in [4.78, 5) is 0. The lowest BCUT2D eigenvalue weighted by molar-refractivity contribution is 0.422. The van der Waals surface area contributed by atoms with Gasteiger partial charge < -0.3 is 5.32 Å². The SMILES string of the molecule is CCCC1CCCC(Nc2cc(Cl)ccc2Cl)CC1. The van der Waals surface area contributed by atoms with Gasteiger partial charge in [-0.2, -0.15) is 0 Å². The largest absolute Gasteiger partial charge is 0.381 e. The lowest BCUT2D eigenvalue weighted by Gasteiger charge is -2.19. The average molecular weight is 300 g/mol. The monoisotopic (exact) mass is 299 g/mol. The molecule has 3 heteroatoms. The Kier molecular flexibility index (Phi) is 5.84. The van der Waals surface area contributed by atoms with E-state index in [9.17, 15) is 0 Å². The molecule has 1 fully saturated rings. The van der Waals surface area contributed by atoms with Gasteiger partial charge in [0.25, 0.3) is 0 Å². The normalized spacial score (nSPS) is 23.9. The first-order valence-corrected chi connectivity index (χ1v) is 8.16. The highest BCUT2D eigenvalue weighted by atomic mass is 35.5. The predicted molar refractivity (Wildman–Crippen MR) is 85.4 cm³/mol. The zero-order valence-corrected chi connectivity index (χ0v) is 13.1. The van der Waals surface area contributed by atoms with E-state index in [1.54, 1.807) is 0 Å². The molecule has 2 rings (SSSR count). The minimum Gasteiger partial charge on any atom is -0.381 e. The Balaban J connectivity index is 1.94. The lowest BCUT2D eigenvalue weighted by Crippen LogP contribution is -2.18. The number of benzene rings is 1. The second-order valence-electron chi connectivity index (χ2n) is 5.63. The lowest BCUT2D eigenvalue weighted by atomic mass is 9.95. The zero-order valence-electron chi connectivity index (χ0n) is 11.6. The molecule has 1 saturated carbocycles. The Morgan fingerprint density at radius 1 is 1.16 bits per heavy atom. The first kappa shape index (κ1) is 15.0. The smallest absolute Gasteiger partial charge is 0.0638 e. The number of halogens is 2. The van der Waals surface area contributed by atoms with Crippen LogP contribution < -0.4 is 5.32 Å². The Hall–Kier alpha value is -0.400. The Morgan fingerprint density at radius 3 is 2.79 bits per heavy atom. The van der Waals surface area contributed by atoms with Crippen LogP contribution >= 0.6 is 23.2 Å². The van der Waals surface area contributed by atoms with Crippen LogP contribution in [0.5, 0.6) is 0 Å². The van der Waals surface area contributed by atoms with Crippen LogP contribution in [0.4, 0.5) is 5.69 Å². The van der Waals surface area contributed by atoms with Crippen molar-refractivity contribution in [2.24, 2.45) is 5.92 Å². The maximum absolute atomic E-state index is 6.21. The van der Waals surface area contributed by atoms with Crippen molar-refractivity contribution in [3.63, 3.8) is 0 Å². The number of nitrogens with one attached hydrogen (secondary N) is 1. The van der Waals surface area contributed by atoms with Crippen LogP contribution in [0.1, 0.15) is 51.9 Å². The molecule has 1 aromatic carbocycles. The molecule has 2 unspecified atom stereocenters. The minimum absolute atomic E-state index is 0.540. The standard InChI is InChI=1S/C16H23Cl2N/c1-2-4-12-5-3-6-14(9-7-12)19-16-11-13(17)8-10-15(16)18/h8,10-12,14,19H,2-7,9H2,1H3. The molecule has 1 N–H and O–H groups in total. The molecule has 1 nitrogen and oxygen atoms in total. The third-order valence-electron chi connectivity index (χ3n) is 4.07. The van der Waals surface area contributed by atoms with Gasteiger partial charge in [0.15, 0.2) is 0 Å². The van der Waals surface area contributed by atoms with Crippen molar-refractivity contribution in [1.29, 1.82) is 0 Å². The molecule has 0 bridgehead atoms. The number of rotatable bonds is 4. The first-order valence-electron chi connectivity index (χ1n) is 7.40. The summed E-state index contributed by atoms with van der Waals surface area (Å²) in [5, 5.41) is 5.08. The predicted octanol–water partition coefficient (Wildman–Crippen LogP) is 6.15. The van der Waals surface area contributed by atoms with Gasteiger partial charge in [-0.15, -0.1) is 0 Å². The molecule has 1 aliphatic carbocycles.